The van der Waals surface area contributed by atoms with Crippen LogP contribution in [-0.4, -0.2) is 38.4 Å². The number of rotatable bonds is 7. The lowest BCUT2D eigenvalue weighted by atomic mass is 9.76. The molecule has 1 fully saturated rings. The molecule has 4 nitrogen and oxygen atoms in total. The molecule has 1 aliphatic heterocycles. The minimum Gasteiger partial charge on any atom is -0.396 e. The van der Waals surface area contributed by atoms with Crippen LogP contribution in [0.1, 0.15) is 36.8 Å². The van der Waals surface area contributed by atoms with Gasteiger partial charge in [-0.05, 0) is 61.9 Å². The van der Waals surface area contributed by atoms with E-state index in [1.54, 1.807) is 0 Å². The van der Waals surface area contributed by atoms with Crippen LogP contribution in [0.5, 0.6) is 0 Å². The average molecular weight is 382 g/mol. The summed E-state index contributed by atoms with van der Waals surface area (Å²) in [7, 11) is 0. The predicted molar refractivity (Wildman–Crippen MR) is 111 cm³/mol. The first-order valence-electron chi connectivity index (χ1n) is 9.85. The van der Waals surface area contributed by atoms with Crippen LogP contribution in [0.15, 0.2) is 48.5 Å². The summed E-state index contributed by atoms with van der Waals surface area (Å²) >= 11 is 1.27. The summed E-state index contributed by atoms with van der Waals surface area (Å²) in [5, 5.41) is 10.2. The Labute approximate surface area is 165 Å². The van der Waals surface area contributed by atoms with E-state index in [1.165, 1.54) is 22.9 Å². The maximum atomic E-state index is 10.2. The number of aliphatic hydroxyl groups is 1. The van der Waals surface area contributed by atoms with Gasteiger partial charge in [-0.15, -0.1) is 0 Å². The van der Waals surface area contributed by atoms with Crippen molar-refractivity contribution in [2.45, 2.75) is 38.6 Å². The standard InChI is InChI=1S/C22H27N3OS/c26-17-22(11-4-8-18-6-2-1-3-7-18)12-5-13-25(16-22)15-19-9-10-20-21(14-19)24-27-23-20/h1-3,6-7,9-10,14,26H,4-5,8,11-13,15-17H2/t22-/m1/s1. The van der Waals surface area contributed by atoms with E-state index in [9.17, 15) is 5.11 Å². The molecular formula is C22H27N3OS. The van der Waals surface area contributed by atoms with Gasteiger partial charge in [-0.2, -0.15) is 8.75 Å². The normalized spacial score (nSPS) is 20.9. The van der Waals surface area contributed by atoms with E-state index in [4.69, 9.17) is 0 Å². The molecule has 1 aromatic heterocycles. The van der Waals surface area contributed by atoms with E-state index in [1.807, 2.05) is 0 Å². The number of likely N-dealkylation sites (tertiary alicyclic amines) is 1. The fourth-order valence-electron chi connectivity index (χ4n) is 4.35. The minimum atomic E-state index is 0.0410. The molecule has 0 spiro atoms. The number of aliphatic hydroxyl groups excluding tert-OH is 1. The number of aromatic nitrogens is 2. The van der Waals surface area contributed by atoms with Gasteiger partial charge in [0.2, 0.25) is 0 Å². The van der Waals surface area contributed by atoms with Gasteiger partial charge in [-0.3, -0.25) is 4.90 Å². The average Bonchev–Trinajstić information content (AvgIpc) is 3.17. The monoisotopic (exact) mass is 381 g/mol. The highest BCUT2D eigenvalue weighted by Gasteiger charge is 2.34. The van der Waals surface area contributed by atoms with Crippen LogP contribution in [0.4, 0.5) is 0 Å². The minimum absolute atomic E-state index is 0.0410. The van der Waals surface area contributed by atoms with Crippen LogP contribution in [0.2, 0.25) is 0 Å². The third-order valence-corrected chi connectivity index (χ3v) is 6.37. The van der Waals surface area contributed by atoms with Crippen molar-refractivity contribution < 1.29 is 5.11 Å². The summed E-state index contributed by atoms with van der Waals surface area (Å²) in [5.41, 5.74) is 4.69. The first kappa shape index (κ1) is 18.5. The Morgan fingerprint density at radius 2 is 1.89 bits per heavy atom. The fraction of sp³-hybridized carbons (Fsp3) is 0.455. The number of fused-ring (bicyclic) bond motifs is 1. The van der Waals surface area contributed by atoms with E-state index in [-0.39, 0.29) is 12.0 Å². The molecule has 142 valence electrons. The number of hydrogen-bond acceptors (Lipinski definition) is 5. The van der Waals surface area contributed by atoms with E-state index < -0.39 is 0 Å². The molecule has 0 aliphatic carbocycles. The summed E-state index contributed by atoms with van der Waals surface area (Å²) in [6.07, 6.45) is 5.60. The Morgan fingerprint density at radius 1 is 1.04 bits per heavy atom. The van der Waals surface area contributed by atoms with Crippen molar-refractivity contribution in [1.82, 2.24) is 13.6 Å². The van der Waals surface area contributed by atoms with E-state index in [2.05, 4.69) is 62.2 Å². The molecule has 0 radical (unpaired) electrons. The summed E-state index contributed by atoms with van der Waals surface area (Å²) in [6, 6.07) is 17.1. The van der Waals surface area contributed by atoms with Gasteiger partial charge in [0.1, 0.15) is 11.0 Å². The SMILES string of the molecule is OC[C@]1(CCCc2ccccc2)CCCN(Cc2ccc3nsnc3c2)C1. The Kier molecular flexibility index (Phi) is 5.81. The van der Waals surface area contributed by atoms with Gasteiger partial charge in [-0.25, -0.2) is 0 Å². The van der Waals surface area contributed by atoms with Crippen molar-refractivity contribution in [1.29, 1.82) is 0 Å². The summed E-state index contributed by atoms with van der Waals surface area (Å²) < 4.78 is 8.64. The molecule has 1 N–H and O–H groups in total. The lowest BCUT2D eigenvalue weighted by Gasteiger charge is -2.42. The molecule has 1 aliphatic rings. The quantitative estimate of drug-likeness (QED) is 0.663. The molecule has 0 saturated carbocycles. The van der Waals surface area contributed by atoms with Crippen LogP contribution >= 0.6 is 11.7 Å². The third-order valence-electron chi connectivity index (χ3n) is 5.82. The van der Waals surface area contributed by atoms with Crippen molar-refractivity contribution in [2.24, 2.45) is 5.41 Å². The van der Waals surface area contributed by atoms with Gasteiger partial charge in [0.05, 0.1) is 11.7 Å². The van der Waals surface area contributed by atoms with Gasteiger partial charge >= 0.3 is 0 Å². The molecule has 3 aromatic rings. The third kappa shape index (κ3) is 4.54. The van der Waals surface area contributed by atoms with Crippen LogP contribution in [0.25, 0.3) is 11.0 Å². The van der Waals surface area contributed by atoms with Gasteiger partial charge in [-0.1, -0.05) is 36.4 Å². The number of piperidine rings is 1. The highest BCUT2D eigenvalue weighted by atomic mass is 32.1. The number of nitrogens with zero attached hydrogens (tertiary/aromatic N) is 3. The zero-order valence-corrected chi connectivity index (χ0v) is 16.5. The van der Waals surface area contributed by atoms with Gasteiger partial charge < -0.3 is 5.11 Å². The summed E-state index contributed by atoms with van der Waals surface area (Å²) in [5.74, 6) is 0. The molecule has 2 aromatic carbocycles. The number of hydrogen-bond donors (Lipinski definition) is 1. The first-order valence-corrected chi connectivity index (χ1v) is 10.6. The van der Waals surface area contributed by atoms with Crippen molar-refractivity contribution in [3.63, 3.8) is 0 Å². The molecule has 0 unspecified atom stereocenters. The summed E-state index contributed by atoms with van der Waals surface area (Å²) in [4.78, 5) is 2.50. The smallest absolute Gasteiger partial charge is 0.105 e. The van der Waals surface area contributed by atoms with Gasteiger partial charge in [0.25, 0.3) is 0 Å². The zero-order chi connectivity index (χ0) is 18.5. The lowest BCUT2D eigenvalue weighted by Crippen LogP contribution is -2.45. The van der Waals surface area contributed by atoms with E-state index in [0.717, 1.165) is 62.8 Å². The highest BCUT2D eigenvalue weighted by molar-refractivity contribution is 7.00. The fourth-order valence-corrected chi connectivity index (χ4v) is 4.87. The Morgan fingerprint density at radius 3 is 2.74 bits per heavy atom. The van der Waals surface area contributed by atoms with E-state index >= 15 is 0 Å². The molecule has 0 amide bonds. The number of aryl methyl sites for hydroxylation is 1. The summed E-state index contributed by atoms with van der Waals surface area (Å²) in [6.45, 7) is 3.29. The molecule has 4 rings (SSSR count). The Bertz CT molecular complexity index is 866. The van der Waals surface area contributed by atoms with E-state index in [0.29, 0.717) is 0 Å². The topological polar surface area (TPSA) is 49.2 Å². The van der Waals surface area contributed by atoms with Gasteiger partial charge in [0, 0.05) is 25.1 Å². The van der Waals surface area contributed by atoms with Gasteiger partial charge in [0.15, 0.2) is 0 Å². The molecule has 0 bridgehead atoms. The largest absolute Gasteiger partial charge is 0.396 e. The van der Waals surface area contributed by atoms with Crippen LogP contribution in [-0.2, 0) is 13.0 Å². The molecule has 1 atom stereocenters. The van der Waals surface area contributed by atoms with Crippen molar-refractivity contribution >= 4 is 22.8 Å². The first-order chi connectivity index (χ1) is 13.3. The Hall–Kier alpha value is -1.82. The van der Waals surface area contributed by atoms with Crippen molar-refractivity contribution in [2.75, 3.05) is 19.7 Å². The predicted octanol–water partition coefficient (Wildman–Crippen LogP) is 4.29. The second kappa shape index (κ2) is 8.46. The maximum absolute atomic E-state index is 10.2. The maximum Gasteiger partial charge on any atom is 0.105 e. The molecule has 2 heterocycles. The molecular weight excluding hydrogens is 354 g/mol. The Balaban J connectivity index is 1.37. The van der Waals surface area contributed by atoms with Crippen LogP contribution in [0, 0.1) is 5.41 Å². The van der Waals surface area contributed by atoms with Crippen molar-refractivity contribution in [3.05, 3.63) is 59.7 Å². The molecule has 27 heavy (non-hydrogen) atoms. The van der Waals surface area contributed by atoms with Crippen LogP contribution < -0.4 is 0 Å². The zero-order valence-electron chi connectivity index (χ0n) is 15.7. The van der Waals surface area contributed by atoms with Crippen LogP contribution in [0.3, 0.4) is 0 Å². The second-order valence-electron chi connectivity index (χ2n) is 7.90. The molecule has 1 saturated heterocycles. The highest BCUT2D eigenvalue weighted by Crippen LogP contribution is 2.35. The second-order valence-corrected chi connectivity index (χ2v) is 8.43. The lowest BCUT2D eigenvalue weighted by molar-refractivity contribution is 0.0208. The number of benzene rings is 2. The van der Waals surface area contributed by atoms with Crippen molar-refractivity contribution in [3.8, 4) is 0 Å². The molecule has 5 heteroatoms.